The van der Waals surface area contributed by atoms with Crippen molar-refractivity contribution >= 4 is 0 Å². The average Bonchev–Trinajstić information content (AvgIpc) is 2.79. The van der Waals surface area contributed by atoms with Crippen LogP contribution in [0, 0.1) is 18.3 Å². The minimum atomic E-state index is 0.415. The van der Waals surface area contributed by atoms with Crippen LogP contribution in [-0.2, 0) is 19.4 Å². The van der Waals surface area contributed by atoms with Gasteiger partial charge < -0.3 is 0 Å². The summed E-state index contributed by atoms with van der Waals surface area (Å²) < 4.78 is 1.77. The van der Waals surface area contributed by atoms with Crippen LogP contribution in [0.2, 0.25) is 0 Å². The molecule has 1 aromatic carbocycles. The highest BCUT2D eigenvalue weighted by molar-refractivity contribution is 5.27. The summed E-state index contributed by atoms with van der Waals surface area (Å²) in [6, 6.07) is 10.6. The molecule has 102 valence electrons. The molecule has 20 heavy (non-hydrogen) atoms. The minimum Gasteiger partial charge on any atom is -0.244 e. The van der Waals surface area contributed by atoms with Gasteiger partial charge in [-0.2, -0.15) is 5.26 Å². The van der Waals surface area contributed by atoms with E-state index in [0.717, 1.165) is 24.1 Å². The topological polar surface area (TPSA) is 54.5 Å². The van der Waals surface area contributed by atoms with Gasteiger partial charge in [-0.25, -0.2) is 4.68 Å². The molecule has 0 N–H and O–H groups in total. The molecular weight excluding hydrogens is 248 g/mol. The van der Waals surface area contributed by atoms with E-state index in [-0.39, 0.29) is 0 Å². The number of hydrogen-bond donors (Lipinski definition) is 0. The molecule has 0 spiro atoms. The molecular formula is C16H18N4. The third kappa shape index (κ3) is 3.33. The lowest BCUT2D eigenvalue weighted by molar-refractivity contribution is 0.610. The van der Waals surface area contributed by atoms with Gasteiger partial charge in [0, 0.05) is 0 Å². The molecule has 0 aliphatic carbocycles. The van der Waals surface area contributed by atoms with Gasteiger partial charge in [0.1, 0.15) is 6.07 Å². The van der Waals surface area contributed by atoms with Gasteiger partial charge in [0.2, 0.25) is 0 Å². The molecule has 0 atom stereocenters. The minimum absolute atomic E-state index is 0.415. The number of allylic oxidation sites excluding steroid dienone is 1. The SMILES string of the molecule is C=C(C)Cn1nnc(C#N)c1CCc1ccc(C)cc1. The van der Waals surface area contributed by atoms with Crippen LogP contribution < -0.4 is 0 Å². The summed E-state index contributed by atoms with van der Waals surface area (Å²) in [5.41, 5.74) is 4.80. The average molecular weight is 266 g/mol. The molecule has 0 aliphatic rings. The van der Waals surface area contributed by atoms with Crippen LogP contribution in [0.15, 0.2) is 36.4 Å². The Morgan fingerprint density at radius 1 is 1.30 bits per heavy atom. The van der Waals surface area contributed by atoms with E-state index in [2.05, 4.69) is 54.1 Å². The van der Waals surface area contributed by atoms with Crippen LogP contribution in [0.1, 0.15) is 29.4 Å². The van der Waals surface area contributed by atoms with Gasteiger partial charge in [0.05, 0.1) is 12.2 Å². The summed E-state index contributed by atoms with van der Waals surface area (Å²) in [6.07, 6.45) is 1.63. The first-order valence-corrected chi connectivity index (χ1v) is 6.62. The van der Waals surface area contributed by atoms with E-state index in [9.17, 15) is 0 Å². The van der Waals surface area contributed by atoms with Gasteiger partial charge in [-0.1, -0.05) is 47.2 Å². The molecule has 0 fully saturated rings. The van der Waals surface area contributed by atoms with Gasteiger partial charge in [-0.05, 0) is 32.3 Å². The Kier molecular flexibility index (Phi) is 4.31. The predicted molar refractivity (Wildman–Crippen MR) is 78.1 cm³/mol. The largest absolute Gasteiger partial charge is 0.244 e. The summed E-state index contributed by atoms with van der Waals surface area (Å²) in [5.74, 6) is 0. The van der Waals surface area contributed by atoms with Crippen LogP contribution in [0.4, 0.5) is 0 Å². The second kappa shape index (κ2) is 6.16. The van der Waals surface area contributed by atoms with E-state index in [1.54, 1.807) is 4.68 Å². The number of hydrogen-bond acceptors (Lipinski definition) is 3. The van der Waals surface area contributed by atoms with Crippen molar-refractivity contribution in [2.75, 3.05) is 0 Å². The molecule has 1 aromatic heterocycles. The predicted octanol–water partition coefficient (Wildman–Crippen LogP) is 2.82. The van der Waals surface area contributed by atoms with Gasteiger partial charge in [-0.3, -0.25) is 0 Å². The number of aromatic nitrogens is 3. The van der Waals surface area contributed by atoms with Crippen molar-refractivity contribution < 1.29 is 0 Å². The van der Waals surface area contributed by atoms with E-state index in [4.69, 9.17) is 5.26 Å². The fourth-order valence-corrected chi connectivity index (χ4v) is 2.07. The lowest BCUT2D eigenvalue weighted by Gasteiger charge is -2.06. The van der Waals surface area contributed by atoms with Crippen LogP contribution in [0.3, 0.4) is 0 Å². The molecule has 0 unspecified atom stereocenters. The van der Waals surface area contributed by atoms with Gasteiger partial charge in [-0.15, -0.1) is 5.10 Å². The van der Waals surface area contributed by atoms with E-state index in [0.29, 0.717) is 12.2 Å². The van der Waals surface area contributed by atoms with Crippen LogP contribution in [0.5, 0.6) is 0 Å². The Balaban J connectivity index is 2.15. The fraction of sp³-hybridized carbons (Fsp3) is 0.312. The molecule has 0 radical (unpaired) electrons. The monoisotopic (exact) mass is 266 g/mol. The first kappa shape index (κ1) is 14.0. The number of nitrogens with zero attached hydrogens (tertiary/aromatic N) is 4. The Labute approximate surface area is 119 Å². The Bertz CT molecular complexity index is 644. The third-order valence-corrected chi connectivity index (χ3v) is 3.13. The molecule has 2 rings (SSSR count). The van der Waals surface area contributed by atoms with Crippen molar-refractivity contribution in [3.63, 3.8) is 0 Å². The molecule has 0 bridgehead atoms. The molecule has 0 saturated carbocycles. The summed E-state index contributed by atoms with van der Waals surface area (Å²) in [4.78, 5) is 0. The van der Waals surface area contributed by atoms with E-state index >= 15 is 0 Å². The molecule has 0 aliphatic heterocycles. The second-order valence-electron chi connectivity index (χ2n) is 5.10. The molecule has 4 heteroatoms. The maximum absolute atomic E-state index is 9.11. The second-order valence-corrected chi connectivity index (χ2v) is 5.10. The van der Waals surface area contributed by atoms with E-state index in [1.165, 1.54) is 11.1 Å². The highest BCUT2D eigenvalue weighted by Gasteiger charge is 2.12. The summed E-state index contributed by atoms with van der Waals surface area (Å²) in [7, 11) is 0. The van der Waals surface area contributed by atoms with Gasteiger partial charge in [0.15, 0.2) is 5.69 Å². The maximum Gasteiger partial charge on any atom is 0.185 e. The van der Waals surface area contributed by atoms with Crippen molar-refractivity contribution in [1.29, 1.82) is 5.26 Å². The molecule has 4 nitrogen and oxygen atoms in total. The van der Waals surface area contributed by atoms with Crippen molar-refractivity contribution in [2.24, 2.45) is 0 Å². The van der Waals surface area contributed by atoms with Gasteiger partial charge >= 0.3 is 0 Å². The standard InChI is InChI=1S/C16H18N4/c1-12(2)11-20-16(15(10-17)18-19-20)9-8-14-6-4-13(3)5-7-14/h4-7H,1,8-9,11H2,2-3H3. The maximum atomic E-state index is 9.11. The third-order valence-electron chi connectivity index (χ3n) is 3.13. The van der Waals surface area contributed by atoms with Crippen LogP contribution >= 0.6 is 0 Å². The summed E-state index contributed by atoms with van der Waals surface area (Å²) >= 11 is 0. The first-order valence-electron chi connectivity index (χ1n) is 6.62. The van der Waals surface area contributed by atoms with Crippen LogP contribution in [-0.4, -0.2) is 15.0 Å². The number of aryl methyl sites for hydroxylation is 2. The highest BCUT2D eigenvalue weighted by atomic mass is 15.4. The first-order chi connectivity index (χ1) is 9.60. The molecule has 0 amide bonds. The highest BCUT2D eigenvalue weighted by Crippen LogP contribution is 2.12. The molecule has 0 saturated heterocycles. The van der Waals surface area contributed by atoms with Crippen LogP contribution in [0.25, 0.3) is 0 Å². The van der Waals surface area contributed by atoms with Crippen molar-refractivity contribution in [1.82, 2.24) is 15.0 Å². The van der Waals surface area contributed by atoms with Crippen molar-refractivity contribution in [2.45, 2.75) is 33.2 Å². The zero-order valence-electron chi connectivity index (χ0n) is 11.9. The molecule has 2 aromatic rings. The zero-order valence-corrected chi connectivity index (χ0v) is 11.9. The van der Waals surface area contributed by atoms with Crippen molar-refractivity contribution in [3.05, 3.63) is 58.9 Å². The summed E-state index contributed by atoms with van der Waals surface area (Å²) in [5, 5.41) is 17.1. The Morgan fingerprint density at radius 2 is 2.00 bits per heavy atom. The lowest BCUT2D eigenvalue weighted by atomic mass is 10.1. The Hall–Kier alpha value is -2.41. The number of rotatable bonds is 5. The van der Waals surface area contributed by atoms with E-state index < -0.39 is 0 Å². The fourth-order valence-electron chi connectivity index (χ4n) is 2.07. The smallest absolute Gasteiger partial charge is 0.185 e. The lowest BCUT2D eigenvalue weighted by Crippen LogP contribution is -2.08. The quantitative estimate of drug-likeness (QED) is 0.782. The number of nitriles is 1. The van der Waals surface area contributed by atoms with Gasteiger partial charge in [0.25, 0.3) is 0 Å². The summed E-state index contributed by atoms with van der Waals surface area (Å²) in [6.45, 7) is 8.51. The Morgan fingerprint density at radius 3 is 2.60 bits per heavy atom. The number of benzene rings is 1. The normalized spacial score (nSPS) is 10.2. The van der Waals surface area contributed by atoms with E-state index in [1.807, 2.05) is 6.92 Å². The molecule has 1 heterocycles. The van der Waals surface area contributed by atoms with Crippen molar-refractivity contribution in [3.8, 4) is 6.07 Å². The zero-order chi connectivity index (χ0) is 14.5.